The molecule has 2 N–H and O–H groups in total. The van der Waals surface area contributed by atoms with E-state index in [1.165, 1.54) is 24.0 Å². The molecule has 1 aromatic carbocycles. The molecule has 0 saturated heterocycles. The largest absolute Gasteiger partial charge is 0.492 e. The van der Waals surface area contributed by atoms with Crippen LogP contribution in [-0.2, 0) is 0 Å². The molecule has 0 radical (unpaired) electrons. The van der Waals surface area contributed by atoms with Gasteiger partial charge in [-0.05, 0) is 68.8 Å². The average molecular weight is 277 g/mol. The van der Waals surface area contributed by atoms with Gasteiger partial charge in [0.25, 0.3) is 0 Å². The first-order valence-electron chi connectivity index (χ1n) is 7.67. The van der Waals surface area contributed by atoms with Crippen LogP contribution in [0.25, 0.3) is 0 Å². The fourth-order valence-corrected chi connectivity index (χ4v) is 2.57. The van der Waals surface area contributed by atoms with E-state index in [1.807, 2.05) is 6.07 Å². The minimum Gasteiger partial charge on any atom is -0.492 e. The highest BCUT2D eigenvalue weighted by molar-refractivity contribution is 5.33. The smallest absolute Gasteiger partial charge is 0.119 e. The first-order chi connectivity index (χ1) is 9.61. The van der Waals surface area contributed by atoms with E-state index in [0.29, 0.717) is 12.5 Å². The highest BCUT2D eigenvalue weighted by Crippen LogP contribution is 2.40. The van der Waals surface area contributed by atoms with Crippen molar-refractivity contribution in [2.24, 2.45) is 5.92 Å². The predicted molar refractivity (Wildman–Crippen MR) is 82.2 cm³/mol. The number of ether oxygens (including phenoxy) is 1. The van der Waals surface area contributed by atoms with Gasteiger partial charge >= 0.3 is 0 Å². The molecular formula is C17H27NO2. The maximum Gasteiger partial charge on any atom is 0.119 e. The molecule has 1 atom stereocenters. The SMILES string of the molecule is CCCNC(CO)(COc1ccc(C)c(C)c1)C1CC1. The molecule has 0 heterocycles. The molecule has 1 saturated carbocycles. The standard InChI is InChI=1S/C17H27NO2/c1-4-9-18-17(11-19,15-6-7-15)12-20-16-8-5-13(2)14(3)10-16/h5,8,10,15,18-19H,4,6-7,9,11-12H2,1-3H3. The Hall–Kier alpha value is -1.06. The number of benzene rings is 1. The van der Waals surface area contributed by atoms with E-state index < -0.39 is 0 Å². The third-order valence-corrected chi connectivity index (χ3v) is 4.34. The van der Waals surface area contributed by atoms with Gasteiger partial charge < -0.3 is 15.2 Å². The number of aliphatic hydroxyl groups is 1. The van der Waals surface area contributed by atoms with E-state index in [1.54, 1.807) is 0 Å². The highest BCUT2D eigenvalue weighted by Gasteiger charge is 2.45. The van der Waals surface area contributed by atoms with Crippen LogP contribution < -0.4 is 10.1 Å². The van der Waals surface area contributed by atoms with Crippen LogP contribution in [0.2, 0.25) is 0 Å². The second-order valence-electron chi connectivity index (χ2n) is 6.05. The molecule has 3 nitrogen and oxygen atoms in total. The molecule has 1 fully saturated rings. The number of aryl methyl sites for hydroxylation is 2. The van der Waals surface area contributed by atoms with Crippen molar-refractivity contribution in [2.75, 3.05) is 19.8 Å². The van der Waals surface area contributed by atoms with Crippen molar-refractivity contribution < 1.29 is 9.84 Å². The predicted octanol–water partition coefficient (Wildman–Crippen LogP) is 2.82. The lowest BCUT2D eigenvalue weighted by atomic mass is 9.95. The van der Waals surface area contributed by atoms with Crippen LogP contribution in [-0.4, -0.2) is 30.4 Å². The molecule has 20 heavy (non-hydrogen) atoms. The Morgan fingerprint density at radius 1 is 1.30 bits per heavy atom. The van der Waals surface area contributed by atoms with Crippen molar-refractivity contribution >= 4 is 0 Å². The number of nitrogens with one attached hydrogen (secondary N) is 1. The summed E-state index contributed by atoms with van der Waals surface area (Å²) in [5, 5.41) is 13.4. The lowest BCUT2D eigenvalue weighted by Crippen LogP contribution is -2.55. The quantitative estimate of drug-likeness (QED) is 0.768. The second kappa shape index (κ2) is 6.59. The second-order valence-corrected chi connectivity index (χ2v) is 6.05. The minimum atomic E-state index is -0.269. The normalized spacial score (nSPS) is 17.8. The van der Waals surface area contributed by atoms with Gasteiger partial charge in [0.15, 0.2) is 0 Å². The van der Waals surface area contributed by atoms with Gasteiger partial charge in [0.1, 0.15) is 12.4 Å². The number of rotatable bonds is 8. The van der Waals surface area contributed by atoms with Crippen molar-refractivity contribution in [3.8, 4) is 5.75 Å². The molecule has 1 unspecified atom stereocenters. The van der Waals surface area contributed by atoms with Crippen molar-refractivity contribution in [1.82, 2.24) is 5.32 Å². The van der Waals surface area contributed by atoms with Gasteiger partial charge in [0.2, 0.25) is 0 Å². The van der Waals surface area contributed by atoms with E-state index >= 15 is 0 Å². The fraction of sp³-hybridized carbons (Fsp3) is 0.647. The zero-order chi connectivity index (χ0) is 14.6. The molecule has 0 bridgehead atoms. The van der Waals surface area contributed by atoms with Crippen molar-refractivity contribution in [3.05, 3.63) is 29.3 Å². The molecule has 0 spiro atoms. The monoisotopic (exact) mass is 277 g/mol. The van der Waals surface area contributed by atoms with E-state index in [4.69, 9.17) is 4.74 Å². The zero-order valence-corrected chi connectivity index (χ0v) is 12.9. The van der Waals surface area contributed by atoms with Crippen LogP contribution >= 0.6 is 0 Å². The van der Waals surface area contributed by atoms with Crippen LogP contribution in [0.1, 0.15) is 37.3 Å². The van der Waals surface area contributed by atoms with E-state index in [9.17, 15) is 5.11 Å². The topological polar surface area (TPSA) is 41.5 Å². The average Bonchev–Trinajstić information content (AvgIpc) is 3.28. The van der Waals surface area contributed by atoms with Gasteiger partial charge in [-0.1, -0.05) is 13.0 Å². The number of hydrogen-bond acceptors (Lipinski definition) is 3. The summed E-state index contributed by atoms with van der Waals surface area (Å²) in [4.78, 5) is 0. The van der Waals surface area contributed by atoms with Crippen molar-refractivity contribution in [1.29, 1.82) is 0 Å². The summed E-state index contributed by atoms with van der Waals surface area (Å²) >= 11 is 0. The first-order valence-corrected chi connectivity index (χ1v) is 7.67. The maximum absolute atomic E-state index is 9.85. The molecule has 1 aromatic rings. The summed E-state index contributed by atoms with van der Waals surface area (Å²) < 4.78 is 5.97. The summed E-state index contributed by atoms with van der Waals surface area (Å²) in [6, 6.07) is 6.17. The zero-order valence-electron chi connectivity index (χ0n) is 12.9. The summed E-state index contributed by atoms with van der Waals surface area (Å²) in [6.45, 7) is 7.95. The molecule has 1 aliphatic carbocycles. The molecule has 0 aliphatic heterocycles. The Balaban J connectivity index is 2.02. The molecule has 2 rings (SSSR count). The Kier molecular flexibility index (Phi) is 5.06. The van der Waals surface area contributed by atoms with Crippen LogP contribution in [0.3, 0.4) is 0 Å². The van der Waals surface area contributed by atoms with Crippen LogP contribution in [0.4, 0.5) is 0 Å². The summed E-state index contributed by atoms with van der Waals surface area (Å²) in [7, 11) is 0. The lowest BCUT2D eigenvalue weighted by molar-refractivity contribution is 0.0851. The van der Waals surface area contributed by atoms with Gasteiger partial charge in [0, 0.05) is 0 Å². The molecule has 0 aromatic heterocycles. The Morgan fingerprint density at radius 2 is 2.05 bits per heavy atom. The molecular weight excluding hydrogens is 250 g/mol. The maximum atomic E-state index is 9.85. The van der Waals surface area contributed by atoms with Gasteiger partial charge in [-0.2, -0.15) is 0 Å². The van der Waals surface area contributed by atoms with Crippen LogP contribution in [0, 0.1) is 19.8 Å². The summed E-state index contributed by atoms with van der Waals surface area (Å²) in [5.41, 5.74) is 2.25. The van der Waals surface area contributed by atoms with Gasteiger partial charge in [-0.25, -0.2) is 0 Å². The van der Waals surface area contributed by atoms with E-state index in [-0.39, 0.29) is 12.1 Å². The highest BCUT2D eigenvalue weighted by atomic mass is 16.5. The molecule has 3 heteroatoms. The summed E-state index contributed by atoms with van der Waals surface area (Å²) in [6.07, 6.45) is 3.44. The Morgan fingerprint density at radius 3 is 2.60 bits per heavy atom. The fourth-order valence-electron chi connectivity index (χ4n) is 2.57. The van der Waals surface area contributed by atoms with Gasteiger partial charge in [0.05, 0.1) is 12.1 Å². The lowest BCUT2D eigenvalue weighted by Gasteiger charge is -2.33. The summed E-state index contributed by atoms with van der Waals surface area (Å²) in [5.74, 6) is 1.44. The Labute approximate surface area is 122 Å². The number of aliphatic hydroxyl groups excluding tert-OH is 1. The molecule has 0 amide bonds. The van der Waals surface area contributed by atoms with Gasteiger partial charge in [-0.15, -0.1) is 0 Å². The third kappa shape index (κ3) is 3.53. The van der Waals surface area contributed by atoms with Crippen molar-refractivity contribution in [2.45, 2.75) is 45.6 Å². The van der Waals surface area contributed by atoms with E-state index in [2.05, 4.69) is 38.2 Å². The van der Waals surface area contributed by atoms with Crippen LogP contribution in [0.15, 0.2) is 18.2 Å². The number of hydrogen-bond donors (Lipinski definition) is 2. The molecule has 112 valence electrons. The van der Waals surface area contributed by atoms with E-state index in [0.717, 1.165) is 18.7 Å². The minimum absolute atomic E-state index is 0.141. The van der Waals surface area contributed by atoms with Crippen LogP contribution in [0.5, 0.6) is 5.75 Å². The third-order valence-electron chi connectivity index (χ3n) is 4.34. The van der Waals surface area contributed by atoms with Gasteiger partial charge in [-0.3, -0.25) is 0 Å². The Bertz CT molecular complexity index is 443. The first kappa shape index (κ1) is 15.3. The molecule has 1 aliphatic rings. The van der Waals surface area contributed by atoms with Crippen molar-refractivity contribution in [3.63, 3.8) is 0 Å².